The zero-order valence-electron chi connectivity index (χ0n) is 13.3. The van der Waals surface area contributed by atoms with E-state index in [0.717, 1.165) is 12.5 Å². The maximum atomic E-state index is 3.75. The summed E-state index contributed by atoms with van der Waals surface area (Å²) < 4.78 is 1.20. The van der Waals surface area contributed by atoms with Crippen molar-refractivity contribution >= 4 is 15.9 Å². The lowest BCUT2D eigenvalue weighted by Crippen LogP contribution is -2.47. The molecule has 2 heteroatoms. The maximum absolute atomic E-state index is 3.75. The van der Waals surface area contributed by atoms with Gasteiger partial charge in [0, 0.05) is 22.0 Å². The molecular formula is C18H28BrN. The molecule has 1 fully saturated rings. The molecule has 112 valence electrons. The molecule has 0 heterocycles. The Bertz CT molecular complexity index is 439. The fourth-order valence-electron chi connectivity index (χ4n) is 3.13. The van der Waals surface area contributed by atoms with Crippen molar-refractivity contribution in [1.82, 2.24) is 5.32 Å². The summed E-state index contributed by atoms with van der Waals surface area (Å²) in [6.07, 6.45) is 5.29. The molecule has 1 aromatic carbocycles. The van der Waals surface area contributed by atoms with E-state index in [0.29, 0.717) is 5.41 Å². The molecule has 0 saturated heterocycles. The summed E-state index contributed by atoms with van der Waals surface area (Å²) >= 11 is 3.63. The van der Waals surface area contributed by atoms with Gasteiger partial charge in [0.1, 0.15) is 0 Å². The van der Waals surface area contributed by atoms with Gasteiger partial charge in [0.25, 0.3) is 0 Å². The fourth-order valence-corrected chi connectivity index (χ4v) is 3.53. The zero-order valence-corrected chi connectivity index (χ0v) is 14.9. The van der Waals surface area contributed by atoms with E-state index in [9.17, 15) is 0 Å². The summed E-state index contributed by atoms with van der Waals surface area (Å²) in [7, 11) is 0. The standard InChI is InChI=1S/C18H28BrN/c1-14-8-10-18(11-9-14,13-20-17(2,3)4)15-6-5-7-16(19)12-15/h5-7,12,14,20H,8-11,13H2,1-4H3. The summed E-state index contributed by atoms with van der Waals surface area (Å²) in [5.41, 5.74) is 1.99. The smallest absolute Gasteiger partial charge is 0.0178 e. The number of nitrogens with one attached hydrogen (secondary N) is 1. The Kier molecular flexibility index (Phi) is 4.96. The minimum atomic E-state index is 0.183. The van der Waals surface area contributed by atoms with Crippen LogP contribution in [0.4, 0.5) is 0 Å². The molecule has 1 N–H and O–H groups in total. The molecule has 0 amide bonds. The summed E-state index contributed by atoms with van der Waals surface area (Å²) in [5.74, 6) is 0.880. The Hall–Kier alpha value is -0.340. The zero-order chi connectivity index (χ0) is 14.8. The van der Waals surface area contributed by atoms with Crippen LogP contribution in [0.5, 0.6) is 0 Å². The van der Waals surface area contributed by atoms with E-state index in [4.69, 9.17) is 0 Å². The normalized spacial score (nSPS) is 27.6. The molecule has 0 aliphatic heterocycles. The lowest BCUT2D eigenvalue weighted by atomic mass is 9.66. The highest BCUT2D eigenvalue weighted by atomic mass is 79.9. The van der Waals surface area contributed by atoms with Gasteiger partial charge in [-0.25, -0.2) is 0 Å². The van der Waals surface area contributed by atoms with Crippen LogP contribution in [0.25, 0.3) is 0 Å². The van der Waals surface area contributed by atoms with E-state index in [1.807, 2.05) is 0 Å². The highest BCUT2D eigenvalue weighted by molar-refractivity contribution is 9.10. The van der Waals surface area contributed by atoms with Crippen LogP contribution in [0.15, 0.2) is 28.7 Å². The van der Waals surface area contributed by atoms with E-state index in [1.54, 1.807) is 0 Å². The molecule has 1 aliphatic carbocycles. The molecule has 0 atom stereocenters. The Morgan fingerprint density at radius 3 is 2.45 bits per heavy atom. The van der Waals surface area contributed by atoms with Gasteiger partial charge in [0.2, 0.25) is 0 Å². The van der Waals surface area contributed by atoms with Crippen molar-refractivity contribution in [2.24, 2.45) is 5.92 Å². The molecule has 1 saturated carbocycles. The monoisotopic (exact) mass is 337 g/mol. The summed E-state index contributed by atoms with van der Waals surface area (Å²) in [6, 6.07) is 8.93. The van der Waals surface area contributed by atoms with Crippen LogP contribution >= 0.6 is 15.9 Å². The summed E-state index contributed by atoms with van der Waals surface area (Å²) in [6.45, 7) is 10.2. The van der Waals surface area contributed by atoms with Crippen molar-refractivity contribution in [3.05, 3.63) is 34.3 Å². The van der Waals surface area contributed by atoms with Crippen LogP contribution in [0, 0.1) is 5.92 Å². The SMILES string of the molecule is CC1CCC(CNC(C)(C)C)(c2cccc(Br)c2)CC1. The third-order valence-electron chi connectivity index (χ3n) is 4.63. The second kappa shape index (κ2) is 6.19. The molecule has 0 bridgehead atoms. The Balaban J connectivity index is 2.24. The number of hydrogen-bond donors (Lipinski definition) is 1. The number of rotatable bonds is 3. The Morgan fingerprint density at radius 1 is 1.25 bits per heavy atom. The highest BCUT2D eigenvalue weighted by Gasteiger charge is 2.36. The average molecular weight is 338 g/mol. The predicted molar refractivity (Wildman–Crippen MR) is 91.2 cm³/mol. The number of benzene rings is 1. The van der Waals surface area contributed by atoms with Crippen LogP contribution in [0.3, 0.4) is 0 Å². The van der Waals surface area contributed by atoms with E-state index in [2.05, 4.69) is 73.2 Å². The first kappa shape index (κ1) is 16.0. The third-order valence-corrected chi connectivity index (χ3v) is 5.12. The lowest BCUT2D eigenvalue weighted by Gasteiger charge is -2.42. The molecule has 0 radical (unpaired) electrons. The van der Waals surface area contributed by atoms with E-state index < -0.39 is 0 Å². The minimum Gasteiger partial charge on any atom is -0.311 e. The molecule has 0 spiro atoms. The van der Waals surface area contributed by atoms with E-state index in [-0.39, 0.29) is 5.54 Å². The second-order valence-electron chi connectivity index (χ2n) is 7.58. The quantitative estimate of drug-likeness (QED) is 0.790. The van der Waals surface area contributed by atoms with Crippen LogP contribution in [0.1, 0.15) is 58.9 Å². The third kappa shape index (κ3) is 4.08. The van der Waals surface area contributed by atoms with Gasteiger partial charge >= 0.3 is 0 Å². The van der Waals surface area contributed by atoms with Gasteiger partial charge in [-0.2, -0.15) is 0 Å². The molecule has 1 aromatic rings. The first-order chi connectivity index (χ1) is 9.31. The van der Waals surface area contributed by atoms with Gasteiger partial charge in [-0.05, 0) is 70.1 Å². The van der Waals surface area contributed by atoms with Crippen molar-refractivity contribution in [3.63, 3.8) is 0 Å². The van der Waals surface area contributed by atoms with Crippen molar-refractivity contribution in [1.29, 1.82) is 0 Å². The summed E-state index contributed by atoms with van der Waals surface area (Å²) in [5, 5.41) is 3.75. The first-order valence-corrected chi connectivity index (χ1v) is 8.61. The Morgan fingerprint density at radius 2 is 1.90 bits per heavy atom. The maximum Gasteiger partial charge on any atom is 0.0178 e. The van der Waals surface area contributed by atoms with Crippen molar-refractivity contribution < 1.29 is 0 Å². The van der Waals surface area contributed by atoms with Crippen molar-refractivity contribution in [3.8, 4) is 0 Å². The minimum absolute atomic E-state index is 0.183. The molecule has 2 rings (SSSR count). The van der Waals surface area contributed by atoms with Gasteiger partial charge in [-0.15, -0.1) is 0 Å². The first-order valence-electron chi connectivity index (χ1n) is 7.82. The number of halogens is 1. The van der Waals surface area contributed by atoms with Gasteiger partial charge in [0.15, 0.2) is 0 Å². The topological polar surface area (TPSA) is 12.0 Å². The van der Waals surface area contributed by atoms with Gasteiger partial charge in [0.05, 0.1) is 0 Å². The van der Waals surface area contributed by atoms with Crippen LogP contribution in [0.2, 0.25) is 0 Å². The van der Waals surface area contributed by atoms with Crippen LogP contribution in [-0.2, 0) is 5.41 Å². The molecule has 1 aliphatic rings. The largest absolute Gasteiger partial charge is 0.311 e. The van der Waals surface area contributed by atoms with Crippen LogP contribution in [-0.4, -0.2) is 12.1 Å². The molecule has 20 heavy (non-hydrogen) atoms. The lowest BCUT2D eigenvalue weighted by molar-refractivity contribution is 0.217. The average Bonchev–Trinajstić information content (AvgIpc) is 2.38. The highest BCUT2D eigenvalue weighted by Crippen LogP contribution is 2.42. The van der Waals surface area contributed by atoms with Crippen LogP contribution < -0.4 is 5.32 Å². The number of hydrogen-bond acceptors (Lipinski definition) is 1. The second-order valence-corrected chi connectivity index (χ2v) is 8.49. The molecular weight excluding hydrogens is 310 g/mol. The fraction of sp³-hybridized carbons (Fsp3) is 0.667. The summed E-state index contributed by atoms with van der Waals surface area (Å²) in [4.78, 5) is 0. The predicted octanol–water partition coefficient (Wildman–Crippen LogP) is 5.29. The molecule has 1 nitrogen and oxygen atoms in total. The Labute approximate surface area is 132 Å². The van der Waals surface area contributed by atoms with Gasteiger partial charge in [-0.3, -0.25) is 0 Å². The van der Waals surface area contributed by atoms with E-state index in [1.165, 1.54) is 35.7 Å². The van der Waals surface area contributed by atoms with Crippen molar-refractivity contribution in [2.75, 3.05) is 6.54 Å². The molecule has 0 unspecified atom stereocenters. The molecule has 0 aromatic heterocycles. The van der Waals surface area contributed by atoms with Crippen molar-refractivity contribution in [2.45, 2.75) is 64.3 Å². The van der Waals surface area contributed by atoms with Gasteiger partial charge < -0.3 is 5.32 Å². The van der Waals surface area contributed by atoms with Gasteiger partial charge in [-0.1, -0.05) is 35.0 Å². The van der Waals surface area contributed by atoms with E-state index >= 15 is 0 Å².